The van der Waals surface area contributed by atoms with Crippen LogP contribution in [0.15, 0.2) is 4.42 Å². The van der Waals surface area contributed by atoms with Gasteiger partial charge in [-0.25, -0.2) is 4.79 Å². The van der Waals surface area contributed by atoms with E-state index in [2.05, 4.69) is 15.5 Å². The van der Waals surface area contributed by atoms with Crippen molar-refractivity contribution in [3.63, 3.8) is 0 Å². The molecule has 0 radical (unpaired) electrons. The lowest BCUT2D eigenvalue weighted by Gasteiger charge is -2.31. The van der Waals surface area contributed by atoms with E-state index in [1.54, 1.807) is 11.8 Å². The zero-order valence-corrected chi connectivity index (χ0v) is 13.2. The lowest BCUT2D eigenvalue weighted by atomic mass is 10.1. The van der Waals surface area contributed by atoms with E-state index in [-0.39, 0.29) is 29.9 Å². The maximum Gasteiger partial charge on any atom is 0.409 e. The number of nitrogens with one attached hydrogen (secondary N) is 1. The van der Waals surface area contributed by atoms with Crippen LogP contribution in [0.1, 0.15) is 56.1 Å². The Kier molecular flexibility index (Phi) is 5.35. The number of amides is 2. The third-order valence-corrected chi connectivity index (χ3v) is 3.48. The summed E-state index contributed by atoms with van der Waals surface area (Å²) in [4.78, 5) is 25.3. The number of hydrogen-bond donors (Lipinski definition) is 1. The first-order valence-corrected chi connectivity index (χ1v) is 7.57. The minimum Gasteiger partial charge on any atom is -0.450 e. The number of rotatable bonds is 4. The number of carbonyl (C=O) groups is 2. The lowest BCUT2D eigenvalue weighted by molar-refractivity contribution is 0.0834. The topological polar surface area (TPSA) is 97.6 Å². The van der Waals surface area contributed by atoms with E-state index in [1.165, 1.54) is 0 Å². The summed E-state index contributed by atoms with van der Waals surface area (Å²) in [6, 6.07) is -0.00687. The Labute approximate surface area is 129 Å². The molecule has 0 unspecified atom stereocenters. The molecule has 0 aliphatic carbocycles. The summed E-state index contributed by atoms with van der Waals surface area (Å²) in [6.45, 7) is 7.10. The number of ether oxygens (including phenoxy) is 1. The van der Waals surface area contributed by atoms with E-state index in [1.807, 2.05) is 13.8 Å². The molecule has 122 valence electrons. The molecule has 0 aromatic carbocycles. The van der Waals surface area contributed by atoms with Crippen molar-refractivity contribution in [3.05, 3.63) is 11.8 Å². The summed E-state index contributed by atoms with van der Waals surface area (Å²) in [5, 5.41) is 10.5. The summed E-state index contributed by atoms with van der Waals surface area (Å²) in [5.41, 5.74) is 0. The molecule has 8 nitrogen and oxygen atoms in total. The molecule has 0 bridgehead atoms. The first kappa shape index (κ1) is 16.3. The van der Waals surface area contributed by atoms with Gasteiger partial charge in [0.15, 0.2) is 0 Å². The third-order valence-electron chi connectivity index (χ3n) is 3.48. The summed E-state index contributed by atoms with van der Waals surface area (Å²) in [6.07, 6.45) is 1.05. The van der Waals surface area contributed by atoms with Crippen molar-refractivity contribution in [1.29, 1.82) is 0 Å². The highest BCUT2D eigenvalue weighted by atomic mass is 16.6. The average molecular weight is 310 g/mol. The summed E-state index contributed by atoms with van der Waals surface area (Å²) in [5.74, 6) is 0.148. The fourth-order valence-corrected chi connectivity index (χ4v) is 2.23. The van der Waals surface area contributed by atoms with Crippen LogP contribution in [0.5, 0.6) is 0 Å². The number of aromatic nitrogens is 2. The SMILES string of the molecule is CCOC(=O)N1CCC(NC(=O)c2nnc(C(C)C)o2)CC1. The van der Waals surface area contributed by atoms with Gasteiger partial charge in [-0.2, -0.15) is 0 Å². The molecule has 8 heteroatoms. The van der Waals surface area contributed by atoms with E-state index < -0.39 is 0 Å². The van der Waals surface area contributed by atoms with Crippen LogP contribution in [0.2, 0.25) is 0 Å². The van der Waals surface area contributed by atoms with Gasteiger partial charge in [-0.15, -0.1) is 10.2 Å². The normalized spacial score (nSPS) is 15.9. The van der Waals surface area contributed by atoms with Crippen LogP contribution in [0.3, 0.4) is 0 Å². The van der Waals surface area contributed by atoms with Crippen molar-refractivity contribution in [2.45, 2.75) is 45.6 Å². The highest BCUT2D eigenvalue weighted by molar-refractivity contribution is 5.89. The number of carbonyl (C=O) groups excluding carboxylic acids is 2. The van der Waals surface area contributed by atoms with Crippen LogP contribution >= 0.6 is 0 Å². The third kappa shape index (κ3) is 3.96. The van der Waals surface area contributed by atoms with Crippen LogP contribution in [-0.2, 0) is 4.74 Å². The Hall–Kier alpha value is -2.12. The van der Waals surface area contributed by atoms with Crippen molar-refractivity contribution < 1.29 is 18.7 Å². The second-order valence-corrected chi connectivity index (χ2v) is 5.53. The van der Waals surface area contributed by atoms with Gasteiger partial charge in [0, 0.05) is 25.0 Å². The molecular formula is C14H22N4O4. The highest BCUT2D eigenvalue weighted by Gasteiger charge is 2.26. The molecule has 1 saturated heterocycles. The van der Waals surface area contributed by atoms with Gasteiger partial charge < -0.3 is 19.4 Å². The molecule has 1 aromatic heterocycles. The van der Waals surface area contributed by atoms with Crippen molar-refractivity contribution in [3.8, 4) is 0 Å². The van der Waals surface area contributed by atoms with Crippen molar-refractivity contribution in [2.75, 3.05) is 19.7 Å². The largest absolute Gasteiger partial charge is 0.450 e. The molecule has 2 heterocycles. The van der Waals surface area contributed by atoms with E-state index >= 15 is 0 Å². The number of piperidine rings is 1. The van der Waals surface area contributed by atoms with Gasteiger partial charge in [-0.05, 0) is 19.8 Å². The fourth-order valence-electron chi connectivity index (χ4n) is 2.23. The molecule has 1 N–H and O–H groups in total. The van der Waals surface area contributed by atoms with Crippen LogP contribution < -0.4 is 5.32 Å². The fraction of sp³-hybridized carbons (Fsp3) is 0.714. The summed E-state index contributed by atoms with van der Waals surface area (Å²) in [7, 11) is 0. The molecule has 1 aliphatic heterocycles. The minimum atomic E-state index is -0.367. The van der Waals surface area contributed by atoms with Gasteiger partial charge in [0.25, 0.3) is 0 Å². The second-order valence-electron chi connectivity index (χ2n) is 5.53. The Balaban J connectivity index is 1.82. The van der Waals surface area contributed by atoms with Crippen LogP contribution in [0.4, 0.5) is 4.79 Å². The Morgan fingerprint density at radius 2 is 2.05 bits per heavy atom. The number of hydrogen-bond acceptors (Lipinski definition) is 6. The molecule has 1 fully saturated rings. The monoisotopic (exact) mass is 310 g/mol. The molecule has 22 heavy (non-hydrogen) atoms. The maximum absolute atomic E-state index is 12.1. The van der Waals surface area contributed by atoms with Gasteiger partial charge in [-0.1, -0.05) is 13.8 Å². The Morgan fingerprint density at radius 1 is 1.36 bits per heavy atom. The number of nitrogens with zero attached hydrogens (tertiary/aromatic N) is 3. The molecule has 1 aromatic rings. The lowest BCUT2D eigenvalue weighted by Crippen LogP contribution is -2.46. The molecule has 2 rings (SSSR count). The van der Waals surface area contributed by atoms with Gasteiger partial charge in [0.2, 0.25) is 5.89 Å². The second kappa shape index (κ2) is 7.24. The first-order valence-electron chi connectivity index (χ1n) is 7.57. The van der Waals surface area contributed by atoms with Gasteiger partial charge in [0.1, 0.15) is 0 Å². The predicted octanol–water partition coefficient (Wildman–Crippen LogP) is 1.54. The number of likely N-dealkylation sites (tertiary alicyclic amines) is 1. The van der Waals surface area contributed by atoms with Gasteiger partial charge >= 0.3 is 17.9 Å². The van der Waals surface area contributed by atoms with E-state index in [0.29, 0.717) is 38.4 Å². The van der Waals surface area contributed by atoms with Gasteiger partial charge in [-0.3, -0.25) is 4.79 Å². The predicted molar refractivity (Wildman–Crippen MR) is 77.5 cm³/mol. The van der Waals surface area contributed by atoms with E-state index in [0.717, 1.165) is 0 Å². The van der Waals surface area contributed by atoms with E-state index in [4.69, 9.17) is 9.15 Å². The zero-order valence-electron chi connectivity index (χ0n) is 13.2. The van der Waals surface area contributed by atoms with Crippen molar-refractivity contribution >= 4 is 12.0 Å². The summed E-state index contributed by atoms with van der Waals surface area (Å²) >= 11 is 0. The smallest absolute Gasteiger partial charge is 0.409 e. The molecule has 0 atom stereocenters. The molecular weight excluding hydrogens is 288 g/mol. The van der Waals surface area contributed by atoms with Crippen LogP contribution in [0, 0.1) is 0 Å². The standard InChI is InChI=1S/C14H22N4O4/c1-4-21-14(20)18-7-5-10(6-8-18)15-11(19)13-17-16-12(22-13)9(2)3/h9-10H,4-8H2,1-3H3,(H,15,19). The van der Waals surface area contributed by atoms with Crippen LogP contribution in [0.25, 0.3) is 0 Å². The van der Waals surface area contributed by atoms with Crippen LogP contribution in [-0.4, -0.2) is 52.8 Å². The maximum atomic E-state index is 12.1. The van der Waals surface area contributed by atoms with Gasteiger partial charge in [0.05, 0.1) is 6.61 Å². The first-order chi connectivity index (χ1) is 10.5. The highest BCUT2D eigenvalue weighted by Crippen LogP contribution is 2.14. The molecule has 0 saturated carbocycles. The summed E-state index contributed by atoms with van der Waals surface area (Å²) < 4.78 is 10.3. The molecule has 1 aliphatic rings. The minimum absolute atomic E-state index is 0.00687. The zero-order chi connectivity index (χ0) is 16.1. The van der Waals surface area contributed by atoms with Crippen molar-refractivity contribution in [1.82, 2.24) is 20.4 Å². The average Bonchev–Trinajstić information content (AvgIpc) is 2.98. The molecule has 2 amide bonds. The quantitative estimate of drug-likeness (QED) is 0.906. The molecule has 0 spiro atoms. The van der Waals surface area contributed by atoms with Crippen molar-refractivity contribution in [2.24, 2.45) is 0 Å². The Bertz CT molecular complexity index is 521. The van der Waals surface area contributed by atoms with E-state index in [9.17, 15) is 9.59 Å². The Morgan fingerprint density at radius 3 is 2.59 bits per heavy atom.